The van der Waals surface area contributed by atoms with Crippen molar-refractivity contribution in [3.05, 3.63) is 29.3 Å². The molecule has 2 nitrogen and oxygen atoms in total. The zero-order valence-corrected chi connectivity index (χ0v) is 12.4. The Kier molecular flexibility index (Phi) is 5.21. The molecule has 0 amide bonds. The molecule has 0 bridgehead atoms. The van der Waals surface area contributed by atoms with Gasteiger partial charge in [-0.3, -0.25) is 0 Å². The summed E-state index contributed by atoms with van der Waals surface area (Å²) in [6, 6.07) is 6.65. The van der Waals surface area contributed by atoms with Crippen LogP contribution in [0.15, 0.2) is 18.2 Å². The highest BCUT2D eigenvalue weighted by atomic mass is 16.5. The molecule has 0 aliphatic rings. The highest BCUT2D eigenvalue weighted by molar-refractivity contribution is 5.40. The monoisotopic (exact) mass is 249 g/mol. The van der Waals surface area contributed by atoms with Gasteiger partial charge in [0, 0.05) is 6.04 Å². The highest BCUT2D eigenvalue weighted by Gasteiger charge is 2.16. The van der Waals surface area contributed by atoms with Crippen molar-refractivity contribution in [2.24, 2.45) is 5.73 Å². The van der Waals surface area contributed by atoms with Crippen molar-refractivity contribution in [3.63, 3.8) is 0 Å². The van der Waals surface area contributed by atoms with Gasteiger partial charge in [0.2, 0.25) is 0 Å². The Bertz CT molecular complexity index is 377. The van der Waals surface area contributed by atoms with Crippen LogP contribution in [0.1, 0.15) is 52.2 Å². The molecule has 0 aromatic heterocycles. The fourth-order valence-electron chi connectivity index (χ4n) is 1.91. The van der Waals surface area contributed by atoms with E-state index in [0.717, 1.165) is 25.2 Å². The largest absolute Gasteiger partial charge is 0.493 e. The molecule has 0 aliphatic carbocycles. The first-order chi connectivity index (χ1) is 8.34. The van der Waals surface area contributed by atoms with Crippen molar-refractivity contribution in [1.82, 2.24) is 0 Å². The Morgan fingerprint density at radius 1 is 1.28 bits per heavy atom. The van der Waals surface area contributed by atoms with Crippen molar-refractivity contribution < 1.29 is 4.74 Å². The zero-order valence-electron chi connectivity index (χ0n) is 12.4. The zero-order chi connectivity index (χ0) is 13.8. The van der Waals surface area contributed by atoms with Gasteiger partial charge in [-0.2, -0.15) is 0 Å². The Labute approximate surface area is 112 Å². The van der Waals surface area contributed by atoms with Gasteiger partial charge in [0.05, 0.1) is 6.61 Å². The molecule has 18 heavy (non-hydrogen) atoms. The predicted octanol–water partition coefficient (Wildman–Crippen LogP) is 3.66. The minimum Gasteiger partial charge on any atom is -0.493 e. The molecule has 102 valence electrons. The average molecular weight is 249 g/mol. The third-order valence-electron chi connectivity index (χ3n) is 2.93. The Balaban J connectivity index is 3.04. The fraction of sp³-hybridized carbons (Fsp3) is 0.625. The number of benzene rings is 1. The van der Waals surface area contributed by atoms with Crippen LogP contribution >= 0.6 is 0 Å². The number of ether oxygens (including phenoxy) is 1. The third kappa shape index (κ3) is 4.34. The van der Waals surface area contributed by atoms with Crippen LogP contribution in [0.4, 0.5) is 0 Å². The summed E-state index contributed by atoms with van der Waals surface area (Å²) in [6.07, 6.45) is 1.89. The third-order valence-corrected chi connectivity index (χ3v) is 2.93. The molecule has 0 heterocycles. The molecule has 2 heteroatoms. The summed E-state index contributed by atoms with van der Waals surface area (Å²) in [4.78, 5) is 0. The van der Waals surface area contributed by atoms with Crippen LogP contribution in [0.3, 0.4) is 0 Å². The topological polar surface area (TPSA) is 35.2 Å². The summed E-state index contributed by atoms with van der Waals surface area (Å²) in [5.41, 5.74) is 8.65. The number of rotatable bonds is 5. The van der Waals surface area contributed by atoms with Gasteiger partial charge in [-0.05, 0) is 42.4 Å². The molecule has 1 aromatic rings. The van der Waals surface area contributed by atoms with Gasteiger partial charge in [0.25, 0.3) is 0 Å². The molecule has 0 radical (unpaired) electrons. The van der Waals surface area contributed by atoms with Crippen molar-refractivity contribution in [2.45, 2.75) is 58.9 Å². The first kappa shape index (κ1) is 15.0. The van der Waals surface area contributed by atoms with Gasteiger partial charge >= 0.3 is 0 Å². The lowest BCUT2D eigenvalue weighted by Crippen LogP contribution is -2.19. The molecule has 0 saturated carbocycles. The van der Waals surface area contributed by atoms with Crippen LogP contribution in [0.25, 0.3) is 0 Å². The molecule has 0 saturated heterocycles. The predicted molar refractivity (Wildman–Crippen MR) is 78.3 cm³/mol. The first-order valence-corrected chi connectivity index (χ1v) is 6.86. The van der Waals surface area contributed by atoms with E-state index in [9.17, 15) is 0 Å². The standard InChI is InChI=1S/C16H27NO/c1-6-9-18-15-8-7-14(16(3,4)5)11-13(15)10-12(2)17/h7-8,11-12H,6,9-10,17H2,1-5H3. The summed E-state index contributed by atoms with van der Waals surface area (Å²) in [5.74, 6) is 0.988. The second-order valence-electron chi connectivity index (χ2n) is 6.10. The molecule has 1 rings (SSSR count). The van der Waals surface area contributed by atoms with Crippen LogP contribution in [0.5, 0.6) is 5.75 Å². The number of hydrogen-bond donors (Lipinski definition) is 1. The van der Waals surface area contributed by atoms with Crippen LogP contribution in [0.2, 0.25) is 0 Å². The summed E-state index contributed by atoms with van der Waals surface area (Å²) >= 11 is 0. The fourth-order valence-corrected chi connectivity index (χ4v) is 1.91. The summed E-state index contributed by atoms with van der Waals surface area (Å²) in [6.45, 7) is 11.6. The lowest BCUT2D eigenvalue weighted by molar-refractivity contribution is 0.313. The van der Waals surface area contributed by atoms with Crippen molar-refractivity contribution in [3.8, 4) is 5.75 Å². The minimum atomic E-state index is 0.157. The summed E-state index contributed by atoms with van der Waals surface area (Å²) in [5, 5.41) is 0. The van der Waals surface area contributed by atoms with E-state index < -0.39 is 0 Å². The van der Waals surface area contributed by atoms with E-state index in [2.05, 4.69) is 45.9 Å². The maximum atomic E-state index is 5.93. The molecule has 1 aromatic carbocycles. The van der Waals surface area contributed by atoms with Crippen molar-refractivity contribution >= 4 is 0 Å². The maximum Gasteiger partial charge on any atom is 0.122 e. The molecule has 0 aliphatic heterocycles. The van der Waals surface area contributed by atoms with Crippen molar-refractivity contribution in [2.75, 3.05) is 6.61 Å². The summed E-state index contributed by atoms with van der Waals surface area (Å²) < 4.78 is 5.80. The van der Waals surface area contributed by atoms with Gasteiger partial charge in [-0.1, -0.05) is 39.8 Å². The Hall–Kier alpha value is -1.02. The van der Waals surface area contributed by atoms with E-state index in [1.807, 2.05) is 6.92 Å². The normalized spacial score (nSPS) is 13.4. The molecule has 0 spiro atoms. The minimum absolute atomic E-state index is 0.157. The molecule has 1 unspecified atom stereocenters. The number of hydrogen-bond acceptors (Lipinski definition) is 2. The van der Waals surface area contributed by atoms with E-state index in [0.29, 0.717) is 0 Å². The van der Waals surface area contributed by atoms with E-state index in [1.54, 1.807) is 0 Å². The molecular formula is C16H27NO. The van der Waals surface area contributed by atoms with Gasteiger partial charge in [-0.25, -0.2) is 0 Å². The lowest BCUT2D eigenvalue weighted by Gasteiger charge is -2.22. The van der Waals surface area contributed by atoms with Crippen LogP contribution in [-0.4, -0.2) is 12.6 Å². The second-order valence-corrected chi connectivity index (χ2v) is 6.10. The molecule has 1 atom stereocenters. The van der Waals surface area contributed by atoms with Gasteiger partial charge in [0.15, 0.2) is 0 Å². The molecule has 0 fully saturated rings. The maximum absolute atomic E-state index is 5.93. The van der Waals surface area contributed by atoms with Crippen LogP contribution in [-0.2, 0) is 11.8 Å². The van der Waals surface area contributed by atoms with E-state index in [1.165, 1.54) is 11.1 Å². The molecular weight excluding hydrogens is 222 g/mol. The Morgan fingerprint density at radius 3 is 2.44 bits per heavy atom. The second kappa shape index (κ2) is 6.24. The van der Waals surface area contributed by atoms with Gasteiger partial charge in [-0.15, -0.1) is 0 Å². The SMILES string of the molecule is CCCOc1ccc(C(C)(C)C)cc1CC(C)N. The van der Waals surface area contributed by atoms with Crippen LogP contribution < -0.4 is 10.5 Å². The quantitative estimate of drug-likeness (QED) is 0.864. The van der Waals surface area contributed by atoms with Crippen molar-refractivity contribution in [1.29, 1.82) is 0 Å². The highest BCUT2D eigenvalue weighted by Crippen LogP contribution is 2.28. The number of nitrogens with two attached hydrogens (primary N) is 1. The Morgan fingerprint density at radius 2 is 1.94 bits per heavy atom. The van der Waals surface area contributed by atoms with Crippen LogP contribution in [0, 0.1) is 0 Å². The summed E-state index contributed by atoms with van der Waals surface area (Å²) in [7, 11) is 0. The smallest absolute Gasteiger partial charge is 0.122 e. The molecule has 2 N–H and O–H groups in total. The van der Waals surface area contributed by atoms with E-state index in [4.69, 9.17) is 10.5 Å². The van der Waals surface area contributed by atoms with E-state index in [-0.39, 0.29) is 11.5 Å². The van der Waals surface area contributed by atoms with Gasteiger partial charge < -0.3 is 10.5 Å². The average Bonchev–Trinajstić information content (AvgIpc) is 2.25. The lowest BCUT2D eigenvalue weighted by atomic mass is 9.85. The first-order valence-electron chi connectivity index (χ1n) is 6.86. The van der Waals surface area contributed by atoms with E-state index >= 15 is 0 Å². The van der Waals surface area contributed by atoms with Gasteiger partial charge in [0.1, 0.15) is 5.75 Å².